The van der Waals surface area contributed by atoms with Crippen molar-refractivity contribution in [2.45, 2.75) is 39.3 Å². The van der Waals surface area contributed by atoms with E-state index in [-0.39, 0.29) is 11.0 Å². The SMILES string of the molecule is CCCc1ncc2c(n1)CCN(Cc1coc3c([N+](=O)[O-])cc(F)cc3c1=O)C2. The number of fused-ring (bicyclic) bond motifs is 2. The van der Waals surface area contributed by atoms with Crippen molar-refractivity contribution < 1.29 is 13.7 Å². The Hall–Kier alpha value is -3.20. The summed E-state index contributed by atoms with van der Waals surface area (Å²) in [5.41, 5.74) is 1.13. The highest BCUT2D eigenvalue weighted by molar-refractivity contribution is 5.85. The molecule has 0 spiro atoms. The van der Waals surface area contributed by atoms with Crippen LogP contribution in [0.1, 0.15) is 36.0 Å². The molecular formula is C20H19FN4O4. The number of nitro groups is 1. The first-order valence-corrected chi connectivity index (χ1v) is 9.40. The van der Waals surface area contributed by atoms with Gasteiger partial charge in [-0.1, -0.05) is 6.92 Å². The first-order valence-electron chi connectivity index (χ1n) is 9.40. The summed E-state index contributed by atoms with van der Waals surface area (Å²) in [7, 11) is 0. The van der Waals surface area contributed by atoms with Crippen molar-refractivity contribution in [2.75, 3.05) is 6.54 Å². The average Bonchev–Trinajstić information content (AvgIpc) is 2.70. The van der Waals surface area contributed by atoms with Gasteiger partial charge in [0.2, 0.25) is 5.58 Å². The number of aromatic nitrogens is 2. The molecule has 3 aromatic rings. The van der Waals surface area contributed by atoms with Crippen molar-refractivity contribution in [1.82, 2.24) is 14.9 Å². The molecule has 2 aromatic heterocycles. The van der Waals surface area contributed by atoms with E-state index in [0.29, 0.717) is 25.2 Å². The zero-order valence-corrected chi connectivity index (χ0v) is 15.9. The fraction of sp³-hybridized carbons (Fsp3) is 0.350. The maximum atomic E-state index is 13.8. The lowest BCUT2D eigenvalue weighted by molar-refractivity contribution is -0.383. The minimum Gasteiger partial charge on any atom is -0.456 e. The van der Waals surface area contributed by atoms with Gasteiger partial charge in [-0.25, -0.2) is 14.4 Å². The number of benzene rings is 1. The van der Waals surface area contributed by atoms with E-state index in [1.54, 1.807) is 0 Å². The zero-order chi connectivity index (χ0) is 20.5. The minimum absolute atomic E-state index is 0.126. The van der Waals surface area contributed by atoms with E-state index < -0.39 is 21.9 Å². The molecule has 9 heteroatoms. The smallest absolute Gasteiger partial charge is 0.315 e. The zero-order valence-electron chi connectivity index (χ0n) is 15.9. The van der Waals surface area contributed by atoms with Crippen LogP contribution in [0, 0.1) is 15.9 Å². The molecule has 0 bridgehead atoms. The van der Waals surface area contributed by atoms with Crippen molar-refractivity contribution in [3.63, 3.8) is 0 Å². The Labute approximate surface area is 165 Å². The van der Waals surface area contributed by atoms with Crippen LogP contribution in [0.5, 0.6) is 0 Å². The molecule has 0 fully saturated rings. The Morgan fingerprint density at radius 3 is 2.97 bits per heavy atom. The van der Waals surface area contributed by atoms with E-state index in [0.717, 1.165) is 48.5 Å². The van der Waals surface area contributed by atoms with Gasteiger partial charge in [-0.2, -0.15) is 0 Å². The molecular weight excluding hydrogens is 379 g/mol. The molecule has 0 atom stereocenters. The lowest BCUT2D eigenvalue weighted by Crippen LogP contribution is -2.32. The summed E-state index contributed by atoms with van der Waals surface area (Å²) in [5, 5.41) is 11.0. The van der Waals surface area contributed by atoms with Crippen LogP contribution in [-0.2, 0) is 25.9 Å². The van der Waals surface area contributed by atoms with Crippen LogP contribution in [0.4, 0.5) is 10.1 Å². The second kappa shape index (κ2) is 7.67. The molecule has 0 unspecified atom stereocenters. The Kier molecular flexibility index (Phi) is 5.06. The first-order chi connectivity index (χ1) is 14.0. The molecule has 0 saturated carbocycles. The highest BCUT2D eigenvalue weighted by Crippen LogP contribution is 2.26. The van der Waals surface area contributed by atoms with Gasteiger partial charge in [0, 0.05) is 55.5 Å². The molecule has 0 amide bonds. The van der Waals surface area contributed by atoms with E-state index in [1.807, 2.05) is 6.20 Å². The van der Waals surface area contributed by atoms with Gasteiger partial charge in [-0.05, 0) is 12.5 Å². The number of hydrogen-bond acceptors (Lipinski definition) is 7. The van der Waals surface area contributed by atoms with Gasteiger partial charge < -0.3 is 4.42 Å². The normalized spacial score (nSPS) is 14.1. The molecule has 0 aliphatic carbocycles. The van der Waals surface area contributed by atoms with Gasteiger partial charge in [-0.3, -0.25) is 19.8 Å². The van der Waals surface area contributed by atoms with Crippen LogP contribution in [0.15, 0.2) is 33.8 Å². The first kappa shape index (κ1) is 19.1. The van der Waals surface area contributed by atoms with Gasteiger partial charge in [-0.15, -0.1) is 0 Å². The molecule has 0 saturated heterocycles. The molecule has 0 N–H and O–H groups in total. The van der Waals surface area contributed by atoms with E-state index >= 15 is 0 Å². The van der Waals surface area contributed by atoms with Gasteiger partial charge in [0.25, 0.3) is 0 Å². The van der Waals surface area contributed by atoms with E-state index in [4.69, 9.17) is 4.42 Å². The van der Waals surface area contributed by atoms with Crippen molar-refractivity contribution in [2.24, 2.45) is 0 Å². The fourth-order valence-corrected chi connectivity index (χ4v) is 3.61. The van der Waals surface area contributed by atoms with Crippen LogP contribution in [0.25, 0.3) is 11.0 Å². The standard InChI is InChI=1S/C20H19FN4O4/c1-2-3-18-22-8-12-9-24(5-4-16(12)23-18)10-13-11-29-20-15(19(13)26)6-14(21)7-17(20)25(27)28/h6-8,11H,2-5,9-10H2,1H3. The Morgan fingerprint density at radius 2 is 2.21 bits per heavy atom. The largest absolute Gasteiger partial charge is 0.456 e. The van der Waals surface area contributed by atoms with Crippen molar-refractivity contribution in [3.8, 4) is 0 Å². The Morgan fingerprint density at radius 1 is 1.38 bits per heavy atom. The third-order valence-electron chi connectivity index (χ3n) is 5.02. The summed E-state index contributed by atoms with van der Waals surface area (Å²) in [4.78, 5) is 34.2. The summed E-state index contributed by atoms with van der Waals surface area (Å²) >= 11 is 0. The quantitative estimate of drug-likeness (QED) is 0.480. The summed E-state index contributed by atoms with van der Waals surface area (Å²) in [6, 6.07) is 1.73. The highest BCUT2D eigenvalue weighted by atomic mass is 19.1. The lowest BCUT2D eigenvalue weighted by atomic mass is 10.1. The number of nitro benzene ring substituents is 1. The molecule has 1 aromatic carbocycles. The van der Waals surface area contributed by atoms with E-state index in [9.17, 15) is 19.3 Å². The lowest BCUT2D eigenvalue weighted by Gasteiger charge is -2.27. The number of halogens is 1. The third kappa shape index (κ3) is 3.73. The number of nitrogens with zero attached hydrogens (tertiary/aromatic N) is 4. The molecule has 1 aliphatic heterocycles. The van der Waals surface area contributed by atoms with Crippen molar-refractivity contribution in [3.05, 3.63) is 73.4 Å². The second-order valence-corrected chi connectivity index (χ2v) is 7.12. The van der Waals surface area contributed by atoms with Gasteiger partial charge in [0.1, 0.15) is 11.6 Å². The number of hydrogen-bond donors (Lipinski definition) is 0. The molecule has 0 radical (unpaired) electrons. The van der Waals surface area contributed by atoms with Crippen LogP contribution in [0.3, 0.4) is 0 Å². The highest BCUT2D eigenvalue weighted by Gasteiger charge is 2.23. The van der Waals surface area contributed by atoms with Crippen LogP contribution in [-0.4, -0.2) is 26.3 Å². The van der Waals surface area contributed by atoms with Crippen molar-refractivity contribution >= 4 is 16.7 Å². The minimum atomic E-state index is -0.847. The van der Waals surface area contributed by atoms with Gasteiger partial charge >= 0.3 is 5.69 Å². The molecule has 1 aliphatic rings. The third-order valence-corrected chi connectivity index (χ3v) is 5.02. The maximum Gasteiger partial charge on any atom is 0.315 e. The molecule has 3 heterocycles. The van der Waals surface area contributed by atoms with Crippen LogP contribution in [0.2, 0.25) is 0 Å². The fourth-order valence-electron chi connectivity index (χ4n) is 3.61. The molecule has 4 rings (SSSR count). The predicted octanol–water partition coefficient (Wildman–Crippen LogP) is 3.14. The van der Waals surface area contributed by atoms with Crippen LogP contribution < -0.4 is 5.43 Å². The molecule has 150 valence electrons. The maximum absolute atomic E-state index is 13.8. The molecule has 8 nitrogen and oxygen atoms in total. The monoisotopic (exact) mass is 398 g/mol. The Balaban J connectivity index is 1.61. The second-order valence-electron chi connectivity index (χ2n) is 7.12. The summed E-state index contributed by atoms with van der Waals surface area (Å²) < 4.78 is 19.1. The van der Waals surface area contributed by atoms with Crippen LogP contribution >= 0.6 is 0 Å². The topological polar surface area (TPSA) is 102 Å². The molecule has 29 heavy (non-hydrogen) atoms. The Bertz CT molecular complexity index is 1160. The summed E-state index contributed by atoms with van der Waals surface area (Å²) in [6.07, 6.45) is 5.64. The van der Waals surface area contributed by atoms with E-state index in [2.05, 4.69) is 21.8 Å². The average molecular weight is 398 g/mol. The van der Waals surface area contributed by atoms with Gasteiger partial charge in [0.15, 0.2) is 5.43 Å². The van der Waals surface area contributed by atoms with E-state index in [1.165, 1.54) is 6.26 Å². The summed E-state index contributed by atoms with van der Waals surface area (Å²) in [5.74, 6) is -0.000855. The summed E-state index contributed by atoms with van der Waals surface area (Å²) in [6.45, 7) is 3.66. The number of non-ortho nitro benzene ring substituents is 1. The predicted molar refractivity (Wildman–Crippen MR) is 103 cm³/mol. The number of aryl methyl sites for hydroxylation is 1. The van der Waals surface area contributed by atoms with Crippen molar-refractivity contribution in [1.29, 1.82) is 0 Å². The number of rotatable bonds is 5. The van der Waals surface area contributed by atoms with Gasteiger partial charge in [0.05, 0.1) is 22.6 Å².